The number of hydrogen-bond donors (Lipinski definition) is 3. The van der Waals surface area contributed by atoms with Crippen LogP contribution in [0.1, 0.15) is 54.9 Å². The molecule has 1 aromatic carbocycles. The Kier molecular flexibility index (Phi) is 5.03. The number of hydrogen-bond acceptors (Lipinski definition) is 4. The van der Waals surface area contributed by atoms with Crippen molar-refractivity contribution in [2.24, 2.45) is 5.73 Å². The molecule has 134 valence electrons. The lowest BCUT2D eigenvalue weighted by Gasteiger charge is -2.23. The van der Waals surface area contributed by atoms with E-state index in [0.717, 1.165) is 31.2 Å². The molecule has 3 rings (SSSR count). The number of hydrazine groups is 1. The van der Waals surface area contributed by atoms with E-state index >= 15 is 0 Å². The molecule has 7 heteroatoms. The molecule has 1 aliphatic carbocycles. The van der Waals surface area contributed by atoms with Gasteiger partial charge in [-0.1, -0.05) is 19.3 Å². The van der Waals surface area contributed by atoms with Crippen molar-refractivity contribution in [3.8, 4) is 0 Å². The van der Waals surface area contributed by atoms with Crippen LogP contribution in [0.5, 0.6) is 0 Å². The first-order valence-electron chi connectivity index (χ1n) is 8.78. The molecule has 0 aromatic heterocycles. The van der Waals surface area contributed by atoms with Crippen molar-refractivity contribution in [1.29, 1.82) is 0 Å². The van der Waals surface area contributed by atoms with Gasteiger partial charge in [0.15, 0.2) is 0 Å². The van der Waals surface area contributed by atoms with Crippen LogP contribution in [0.2, 0.25) is 0 Å². The number of benzene rings is 1. The zero-order valence-corrected chi connectivity index (χ0v) is 14.4. The molecule has 3 amide bonds. The minimum Gasteiger partial charge on any atom is -0.349 e. The number of nitrogens with one attached hydrogen (secondary N) is 2. The summed E-state index contributed by atoms with van der Waals surface area (Å²) in [5, 5.41) is 4.28. The van der Waals surface area contributed by atoms with Gasteiger partial charge >= 0.3 is 0 Å². The van der Waals surface area contributed by atoms with Crippen LogP contribution in [0, 0.1) is 0 Å². The van der Waals surface area contributed by atoms with E-state index in [1.807, 2.05) is 0 Å². The van der Waals surface area contributed by atoms with E-state index in [-0.39, 0.29) is 24.3 Å². The second kappa shape index (κ2) is 7.23. The second-order valence-corrected chi connectivity index (χ2v) is 6.82. The third-order valence-electron chi connectivity index (χ3n) is 4.75. The SMILES string of the molecule is CC(N)C(=O)NN1C(=O)Cc2cc(C(=O)NC3CCCCC3)ccc21. The van der Waals surface area contributed by atoms with Gasteiger partial charge in [-0.05, 0) is 43.5 Å². The fourth-order valence-corrected chi connectivity index (χ4v) is 3.31. The van der Waals surface area contributed by atoms with E-state index in [9.17, 15) is 14.4 Å². The molecular weight excluding hydrogens is 320 g/mol. The summed E-state index contributed by atoms with van der Waals surface area (Å²) in [7, 11) is 0. The van der Waals surface area contributed by atoms with Gasteiger partial charge in [0, 0.05) is 11.6 Å². The van der Waals surface area contributed by atoms with Crippen LogP contribution in [-0.2, 0) is 16.0 Å². The van der Waals surface area contributed by atoms with E-state index < -0.39 is 11.9 Å². The second-order valence-electron chi connectivity index (χ2n) is 6.82. The fraction of sp³-hybridized carbons (Fsp3) is 0.500. The minimum absolute atomic E-state index is 0.111. The molecule has 7 nitrogen and oxygen atoms in total. The first-order valence-corrected chi connectivity index (χ1v) is 8.78. The lowest BCUT2D eigenvalue weighted by atomic mass is 9.95. The monoisotopic (exact) mass is 344 g/mol. The van der Waals surface area contributed by atoms with Crippen molar-refractivity contribution in [1.82, 2.24) is 10.7 Å². The van der Waals surface area contributed by atoms with Gasteiger partial charge in [-0.3, -0.25) is 19.8 Å². The number of rotatable bonds is 4. The van der Waals surface area contributed by atoms with Crippen molar-refractivity contribution in [2.45, 2.75) is 57.5 Å². The van der Waals surface area contributed by atoms with Crippen LogP contribution in [-0.4, -0.2) is 29.8 Å². The van der Waals surface area contributed by atoms with Gasteiger partial charge in [0.05, 0.1) is 18.2 Å². The van der Waals surface area contributed by atoms with Gasteiger partial charge in [-0.2, -0.15) is 0 Å². The molecule has 2 aliphatic rings. The molecule has 0 bridgehead atoms. The number of fused-ring (bicyclic) bond motifs is 1. The van der Waals surface area contributed by atoms with Gasteiger partial charge in [0.25, 0.3) is 11.8 Å². The number of carbonyl (C=O) groups is 3. The maximum absolute atomic E-state index is 12.4. The van der Waals surface area contributed by atoms with Crippen LogP contribution in [0.4, 0.5) is 5.69 Å². The van der Waals surface area contributed by atoms with Crippen LogP contribution >= 0.6 is 0 Å². The maximum atomic E-state index is 12.4. The molecular formula is C18H24N4O3. The zero-order valence-electron chi connectivity index (χ0n) is 14.4. The Hall–Kier alpha value is -2.41. The Morgan fingerprint density at radius 3 is 2.64 bits per heavy atom. The third kappa shape index (κ3) is 3.82. The number of anilines is 1. The predicted molar refractivity (Wildman–Crippen MR) is 93.8 cm³/mol. The number of nitrogens with two attached hydrogens (primary N) is 1. The summed E-state index contributed by atoms with van der Waals surface area (Å²) in [6.07, 6.45) is 5.73. The average Bonchev–Trinajstić information content (AvgIpc) is 2.90. The normalized spacial score (nSPS) is 18.6. The van der Waals surface area contributed by atoms with Crippen molar-refractivity contribution < 1.29 is 14.4 Å². The highest BCUT2D eigenvalue weighted by atomic mass is 16.2. The van der Waals surface area contributed by atoms with Crippen molar-refractivity contribution in [3.63, 3.8) is 0 Å². The number of amides is 3. The van der Waals surface area contributed by atoms with E-state index in [1.54, 1.807) is 25.1 Å². The van der Waals surface area contributed by atoms with E-state index in [4.69, 9.17) is 5.73 Å². The Bertz CT molecular complexity index is 696. The molecule has 1 aliphatic heterocycles. The Balaban J connectivity index is 1.72. The van der Waals surface area contributed by atoms with Crippen LogP contribution < -0.4 is 21.5 Å². The molecule has 4 N–H and O–H groups in total. The Morgan fingerprint density at radius 1 is 1.24 bits per heavy atom. The van der Waals surface area contributed by atoms with Crippen LogP contribution in [0.25, 0.3) is 0 Å². The first-order chi connectivity index (χ1) is 12.0. The number of carbonyl (C=O) groups excluding carboxylic acids is 3. The molecule has 1 atom stereocenters. The molecule has 1 unspecified atom stereocenters. The lowest BCUT2D eigenvalue weighted by molar-refractivity contribution is -0.126. The topological polar surface area (TPSA) is 105 Å². The summed E-state index contributed by atoms with van der Waals surface area (Å²) in [6, 6.07) is 4.62. The highest BCUT2D eigenvalue weighted by Crippen LogP contribution is 2.28. The Labute approximate surface area is 146 Å². The minimum atomic E-state index is -0.711. The van der Waals surface area contributed by atoms with Crippen LogP contribution in [0.15, 0.2) is 18.2 Å². The smallest absolute Gasteiger partial charge is 0.255 e. The highest BCUT2D eigenvalue weighted by Gasteiger charge is 2.30. The molecule has 1 heterocycles. The van der Waals surface area contributed by atoms with Gasteiger partial charge in [-0.25, -0.2) is 5.01 Å². The largest absolute Gasteiger partial charge is 0.349 e. The van der Waals surface area contributed by atoms with Crippen molar-refractivity contribution >= 4 is 23.4 Å². The highest BCUT2D eigenvalue weighted by molar-refractivity contribution is 6.05. The summed E-state index contributed by atoms with van der Waals surface area (Å²) >= 11 is 0. The summed E-state index contributed by atoms with van der Waals surface area (Å²) in [6.45, 7) is 1.55. The summed E-state index contributed by atoms with van der Waals surface area (Å²) in [4.78, 5) is 36.4. The molecule has 0 saturated heterocycles. The summed E-state index contributed by atoms with van der Waals surface area (Å²) < 4.78 is 0. The standard InChI is InChI=1S/C18H24N4O3/c1-11(19)17(24)21-22-15-8-7-12(9-13(15)10-16(22)23)18(25)20-14-5-3-2-4-6-14/h7-9,11,14H,2-6,10,19H2,1H3,(H,20,25)(H,21,24). The van der Waals surface area contributed by atoms with Gasteiger partial charge < -0.3 is 11.1 Å². The van der Waals surface area contributed by atoms with E-state index in [2.05, 4.69) is 10.7 Å². The quantitative estimate of drug-likeness (QED) is 0.758. The molecule has 1 saturated carbocycles. The maximum Gasteiger partial charge on any atom is 0.255 e. The molecule has 0 spiro atoms. The molecule has 1 fully saturated rings. The number of nitrogens with zero attached hydrogens (tertiary/aromatic N) is 1. The zero-order chi connectivity index (χ0) is 18.0. The van der Waals surface area contributed by atoms with E-state index in [0.29, 0.717) is 11.3 Å². The predicted octanol–water partition coefficient (Wildman–Crippen LogP) is 1.02. The van der Waals surface area contributed by atoms with Gasteiger partial charge in [-0.15, -0.1) is 0 Å². The molecule has 1 aromatic rings. The van der Waals surface area contributed by atoms with Crippen molar-refractivity contribution in [3.05, 3.63) is 29.3 Å². The first kappa shape index (κ1) is 17.4. The summed E-state index contributed by atoms with van der Waals surface area (Å²) in [5.41, 5.74) is 9.91. The van der Waals surface area contributed by atoms with Gasteiger partial charge in [0.2, 0.25) is 5.91 Å². The fourth-order valence-electron chi connectivity index (χ4n) is 3.31. The lowest BCUT2D eigenvalue weighted by Crippen LogP contribution is -2.50. The Morgan fingerprint density at radius 2 is 1.96 bits per heavy atom. The van der Waals surface area contributed by atoms with Crippen LogP contribution in [0.3, 0.4) is 0 Å². The molecule has 25 heavy (non-hydrogen) atoms. The summed E-state index contributed by atoms with van der Waals surface area (Å²) in [5.74, 6) is -0.783. The molecule has 0 radical (unpaired) electrons. The van der Waals surface area contributed by atoms with E-state index in [1.165, 1.54) is 11.4 Å². The average molecular weight is 344 g/mol. The van der Waals surface area contributed by atoms with Crippen molar-refractivity contribution in [2.75, 3.05) is 5.01 Å². The van der Waals surface area contributed by atoms with Gasteiger partial charge in [0.1, 0.15) is 0 Å². The third-order valence-corrected chi connectivity index (χ3v) is 4.75.